The summed E-state index contributed by atoms with van der Waals surface area (Å²) in [6.07, 6.45) is 0. The first-order chi connectivity index (χ1) is 13.5. The number of ether oxygens (including phenoxy) is 1. The van der Waals surface area contributed by atoms with Gasteiger partial charge in [0.05, 0.1) is 24.8 Å². The summed E-state index contributed by atoms with van der Waals surface area (Å²) in [6.45, 7) is 3.21. The highest BCUT2D eigenvalue weighted by atomic mass is 32.1. The summed E-state index contributed by atoms with van der Waals surface area (Å²) in [5.41, 5.74) is 2.64. The number of rotatable bonds is 8. The Hall–Kier alpha value is -2.70. The van der Waals surface area contributed by atoms with Crippen molar-refractivity contribution in [2.45, 2.75) is 19.6 Å². The van der Waals surface area contributed by atoms with Crippen LogP contribution in [0.3, 0.4) is 0 Å². The number of amides is 1. The lowest BCUT2D eigenvalue weighted by atomic mass is 10.1. The number of carbonyl (C=O) groups is 1. The number of quaternary nitrogens is 1. The van der Waals surface area contributed by atoms with E-state index in [1.165, 1.54) is 4.90 Å². The SMILES string of the molecule is Cc1nc(COc2ccc(C(=O)N[C@H](C[NH+](C)C)c3ccccc3)cc2)cs1. The highest BCUT2D eigenvalue weighted by Gasteiger charge is 2.18. The van der Waals surface area contributed by atoms with Crippen molar-refractivity contribution in [3.63, 3.8) is 0 Å². The van der Waals surface area contributed by atoms with Crippen LogP contribution in [0.4, 0.5) is 0 Å². The molecule has 6 heteroatoms. The van der Waals surface area contributed by atoms with E-state index in [4.69, 9.17) is 4.74 Å². The van der Waals surface area contributed by atoms with Gasteiger partial charge < -0.3 is 15.0 Å². The van der Waals surface area contributed by atoms with Gasteiger partial charge in [0, 0.05) is 10.9 Å². The third kappa shape index (κ3) is 5.65. The van der Waals surface area contributed by atoms with E-state index in [-0.39, 0.29) is 11.9 Å². The van der Waals surface area contributed by atoms with Crippen molar-refractivity contribution in [2.24, 2.45) is 0 Å². The average Bonchev–Trinajstić information content (AvgIpc) is 3.12. The Bertz CT molecular complexity index is 892. The van der Waals surface area contributed by atoms with E-state index in [0.29, 0.717) is 12.2 Å². The molecule has 28 heavy (non-hydrogen) atoms. The monoisotopic (exact) mass is 396 g/mol. The van der Waals surface area contributed by atoms with E-state index in [1.807, 2.05) is 54.8 Å². The van der Waals surface area contributed by atoms with Gasteiger partial charge in [-0.15, -0.1) is 11.3 Å². The maximum Gasteiger partial charge on any atom is 0.251 e. The summed E-state index contributed by atoms with van der Waals surface area (Å²) < 4.78 is 5.75. The van der Waals surface area contributed by atoms with E-state index < -0.39 is 0 Å². The minimum Gasteiger partial charge on any atom is -0.487 e. The molecule has 2 aromatic carbocycles. The van der Waals surface area contributed by atoms with E-state index in [1.54, 1.807) is 23.5 Å². The number of hydrogen-bond donors (Lipinski definition) is 2. The fraction of sp³-hybridized carbons (Fsp3) is 0.273. The van der Waals surface area contributed by atoms with Crippen LogP contribution in [0.5, 0.6) is 5.75 Å². The second-order valence-corrected chi connectivity index (χ2v) is 8.08. The molecule has 0 aliphatic carbocycles. The van der Waals surface area contributed by atoms with Crippen molar-refractivity contribution in [3.8, 4) is 5.75 Å². The average molecular weight is 397 g/mol. The zero-order chi connectivity index (χ0) is 19.9. The first-order valence-electron chi connectivity index (χ1n) is 9.30. The van der Waals surface area contributed by atoms with Gasteiger partial charge in [0.2, 0.25) is 0 Å². The van der Waals surface area contributed by atoms with Crippen LogP contribution in [0.1, 0.15) is 32.7 Å². The standard InChI is InChI=1S/C22H25N3O2S/c1-16-23-19(15-28-16)14-27-20-11-9-18(10-12-20)22(26)24-21(13-25(2)3)17-7-5-4-6-8-17/h4-12,15,21H,13-14H2,1-3H3,(H,24,26)/p+1/t21-/m1/s1. The quantitative estimate of drug-likeness (QED) is 0.616. The molecular formula is C22H26N3O2S+. The molecule has 3 rings (SSSR count). The van der Waals surface area contributed by atoms with Crippen LogP contribution in [-0.2, 0) is 6.61 Å². The predicted octanol–water partition coefficient (Wildman–Crippen LogP) is 2.65. The molecule has 0 bridgehead atoms. The van der Waals surface area contributed by atoms with Crippen LogP contribution in [0.2, 0.25) is 0 Å². The molecule has 3 aromatic rings. The molecule has 1 heterocycles. The van der Waals surface area contributed by atoms with Crippen molar-refractivity contribution >= 4 is 17.2 Å². The number of benzene rings is 2. The smallest absolute Gasteiger partial charge is 0.251 e. The van der Waals surface area contributed by atoms with Gasteiger partial charge in [0.15, 0.2) is 0 Å². The van der Waals surface area contributed by atoms with Crippen molar-refractivity contribution in [3.05, 3.63) is 81.8 Å². The first-order valence-corrected chi connectivity index (χ1v) is 10.2. The number of nitrogens with one attached hydrogen (secondary N) is 2. The molecule has 0 radical (unpaired) electrons. The van der Waals surface area contributed by atoms with Gasteiger partial charge in [0.1, 0.15) is 24.9 Å². The molecule has 0 spiro atoms. The summed E-state index contributed by atoms with van der Waals surface area (Å²) in [5, 5.41) is 6.17. The molecule has 0 aliphatic rings. The third-order valence-corrected chi connectivity index (χ3v) is 5.11. The Morgan fingerprint density at radius 3 is 2.46 bits per heavy atom. The first kappa shape index (κ1) is 20.0. The number of aryl methyl sites for hydroxylation is 1. The van der Waals surface area contributed by atoms with Crippen molar-refractivity contribution in [2.75, 3.05) is 20.6 Å². The molecule has 5 nitrogen and oxygen atoms in total. The third-order valence-electron chi connectivity index (χ3n) is 4.29. The maximum atomic E-state index is 12.7. The number of thiazole rings is 1. The minimum atomic E-state index is -0.0863. The zero-order valence-corrected chi connectivity index (χ0v) is 17.3. The minimum absolute atomic E-state index is 0.0393. The summed E-state index contributed by atoms with van der Waals surface area (Å²) in [7, 11) is 4.16. The van der Waals surface area contributed by atoms with Gasteiger partial charge >= 0.3 is 0 Å². The van der Waals surface area contributed by atoms with Crippen LogP contribution in [-0.4, -0.2) is 31.5 Å². The van der Waals surface area contributed by atoms with E-state index >= 15 is 0 Å². The Balaban J connectivity index is 1.62. The van der Waals surface area contributed by atoms with Crippen molar-refractivity contribution < 1.29 is 14.4 Å². The van der Waals surface area contributed by atoms with Crippen LogP contribution in [0, 0.1) is 6.92 Å². The van der Waals surface area contributed by atoms with Gasteiger partial charge in [0.25, 0.3) is 5.91 Å². The number of aromatic nitrogens is 1. The molecule has 0 aliphatic heterocycles. The van der Waals surface area contributed by atoms with Gasteiger partial charge in [-0.2, -0.15) is 0 Å². The number of hydrogen-bond acceptors (Lipinski definition) is 4. The van der Waals surface area contributed by atoms with Gasteiger partial charge in [-0.05, 0) is 36.8 Å². The Kier molecular flexibility index (Phi) is 6.79. The van der Waals surface area contributed by atoms with Crippen molar-refractivity contribution in [1.82, 2.24) is 10.3 Å². The molecular weight excluding hydrogens is 370 g/mol. The molecule has 1 amide bonds. The van der Waals surface area contributed by atoms with Crippen LogP contribution < -0.4 is 15.0 Å². The molecule has 146 valence electrons. The number of likely N-dealkylation sites (N-methyl/N-ethyl adjacent to an activating group) is 1. The van der Waals surface area contributed by atoms with Gasteiger partial charge in [-0.25, -0.2) is 4.98 Å². The van der Waals surface area contributed by atoms with Crippen LogP contribution in [0.15, 0.2) is 60.0 Å². The molecule has 1 aromatic heterocycles. The molecule has 0 fully saturated rings. The molecule has 0 saturated heterocycles. The zero-order valence-electron chi connectivity index (χ0n) is 16.4. The Morgan fingerprint density at radius 2 is 1.86 bits per heavy atom. The van der Waals surface area contributed by atoms with E-state index in [9.17, 15) is 4.79 Å². The lowest BCUT2D eigenvalue weighted by Crippen LogP contribution is -3.06. The second-order valence-electron chi connectivity index (χ2n) is 7.02. The van der Waals surface area contributed by atoms with Gasteiger partial charge in [-0.1, -0.05) is 30.3 Å². The molecule has 2 N–H and O–H groups in total. The van der Waals surface area contributed by atoms with Crippen LogP contribution >= 0.6 is 11.3 Å². The summed E-state index contributed by atoms with van der Waals surface area (Å²) in [6, 6.07) is 17.3. The largest absolute Gasteiger partial charge is 0.487 e. The van der Waals surface area contributed by atoms with E-state index in [0.717, 1.165) is 28.6 Å². The highest BCUT2D eigenvalue weighted by molar-refractivity contribution is 7.09. The van der Waals surface area contributed by atoms with Crippen LogP contribution in [0.25, 0.3) is 0 Å². The fourth-order valence-electron chi connectivity index (χ4n) is 2.92. The molecule has 0 unspecified atom stereocenters. The topological polar surface area (TPSA) is 55.7 Å². The van der Waals surface area contributed by atoms with Gasteiger partial charge in [-0.3, -0.25) is 4.79 Å². The van der Waals surface area contributed by atoms with Crippen molar-refractivity contribution in [1.29, 1.82) is 0 Å². The molecule has 0 saturated carbocycles. The lowest BCUT2D eigenvalue weighted by Gasteiger charge is -2.21. The highest BCUT2D eigenvalue weighted by Crippen LogP contribution is 2.17. The maximum absolute atomic E-state index is 12.7. The molecule has 1 atom stereocenters. The second kappa shape index (κ2) is 9.48. The lowest BCUT2D eigenvalue weighted by molar-refractivity contribution is -0.860. The normalized spacial score (nSPS) is 12.0. The fourth-order valence-corrected chi connectivity index (χ4v) is 3.52. The summed E-state index contributed by atoms with van der Waals surface area (Å²) in [4.78, 5) is 18.4. The summed E-state index contributed by atoms with van der Waals surface area (Å²) in [5.74, 6) is 0.635. The Morgan fingerprint density at radius 1 is 1.14 bits per heavy atom. The number of nitrogens with zero attached hydrogens (tertiary/aromatic N) is 1. The predicted molar refractivity (Wildman–Crippen MR) is 112 cm³/mol. The van der Waals surface area contributed by atoms with E-state index in [2.05, 4.69) is 24.4 Å². The summed E-state index contributed by atoms with van der Waals surface area (Å²) >= 11 is 1.61. The number of carbonyl (C=O) groups excluding carboxylic acids is 1. The Labute approximate surface area is 170 Å².